The number of rotatable bonds is 10. The van der Waals surface area contributed by atoms with Crippen LogP contribution in [0.25, 0.3) is 22.8 Å². The highest BCUT2D eigenvalue weighted by molar-refractivity contribution is 5.67. The van der Waals surface area contributed by atoms with E-state index in [1.807, 2.05) is 30.3 Å². The molecule has 0 fully saturated rings. The first kappa shape index (κ1) is 21.6. The third-order valence-corrected chi connectivity index (χ3v) is 5.16. The molecule has 6 heteroatoms. The number of benzene rings is 2. The quantitative estimate of drug-likeness (QED) is 0.477. The van der Waals surface area contributed by atoms with Crippen molar-refractivity contribution in [2.45, 2.75) is 39.5 Å². The Bertz CT molecular complexity index is 945. The van der Waals surface area contributed by atoms with Gasteiger partial charge in [-0.3, -0.25) is 0 Å². The Labute approximate surface area is 178 Å². The maximum atomic E-state index is 10.5. The SMILES string of the molecule is CCCCC(CC)COc1ccc(-c2ncnc(-c3ccc(OC)cc3)n2)c(O)c1. The van der Waals surface area contributed by atoms with Crippen LogP contribution in [0.3, 0.4) is 0 Å². The molecule has 0 spiro atoms. The average molecular weight is 408 g/mol. The van der Waals surface area contributed by atoms with Gasteiger partial charge in [-0.15, -0.1) is 0 Å². The van der Waals surface area contributed by atoms with Crippen LogP contribution in [-0.4, -0.2) is 33.8 Å². The van der Waals surface area contributed by atoms with Gasteiger partial charge in [0.15, 0.2) is 11.6 Å². The fourth-order valence-electron chi connectivity index (χ4n) is 3.21. The average Bonchev–Trinajstić information content (AvgIpc) is 2.79. The second kappa shape index (κ2) is 10.6. The first-order valence-electron chi connectivity index (χ1n) is 10.4. The van der Waals surface area contributed by atoms with Crippen LogP contribution < -0.4 is 9.47 Å². The van der Waals surface area contributed by atoms with Crippen LogP contribution in [-0.2, 0) is 0 Å². The molecule has 0 aliphatic heterocycles. The summed E-state index contributed by atoms with van der Waals surface area (Å²) in [7, 11) is 1.62. The normalized spacial score (nSPS) is 11.8. The fourth-order valence-corrected chi connectivity index (χ4v) is 3.21. The zero-order chi connectivity index (χ0) is 21.3. The van der Waals surface area contributed by atoms with Crippen molar-refractivity contribution in [3.05, 3.63) is 48.8 Å². The van der Waals surface area contributed by atoms with Crippen LogP contribution in [0.4, 0.5) is 0 Å². The highest BCUT2D eigenvalue weighted by Crippen LogP contribution is 2.31. The monoisotopic (exact) mass is 407 g/mol. The van der Waals surface area contributed by atoms with Crippen molar-refractivity contribution >= 4 is 0 Å². The third-order valence-electron chi connectivity index (χ3n) is 5.16. The number of phenols is 1. The lowest BCUT2D eigenvalue weighted by molar-refractivity contribution is 0.232. The summed E-state index contributed by atoms with van der Waals surface area (Å²) in [6.45, 7) is 5.04. The second-order valence-corrected chi connectivity index (χ2v) is 7.27. The Morgan fingerprint density at radius 2 is 1.70 bits per heavy atom. The van der Waals surface area contributed by atoms with Gasteiger partial charge in [0.05, 0.1) is 19.3 Å². The summed E-state index contributed by atoms with van der Waals surface area (Å²) in [5.74, 6) is 2.97. The molecule has 0 saturated heterocycles. The molecule has 0 amide bonds. The number of nitrogens with zero attached hydrogens (tertiary/aromatic N) is 3. The van der Waals surface area contributed by atoms with Gasteiger partial charge in [-0.25, -0.2) is 15.0 Å². The van der Waals surface area contributed by atoms with E-state index in [4.69, 9.17) is 9.47 Å². The van der Waals surface area contributed by atoms with Crippen LogP contribution in [0.5, 0.6) is 17.2 Å². The number of methoxy groups -OCH3 is 1. The minimum absolute atomic E-state index is 0.0842. The van der Waals surface area contributed by atoms with Crippen LogP contribution in [0, 0.1) is 5.92 Å². The van der Waals surface area contributed by atoms with Gasteiger partial charge in [0.2, 0.25) is 0 Å². The van der Waals surface area contributed by atoms with Gasteiger partial charge in [-0.05, 0) is 48.7 Å². The van der Waals surface area contributed by atoms with Crippen LogP contribution >= 0.6 is 0 Å². The number of unbranched alkanes of at least 4 members (excludes halogenated alkanes) is 1. The maximum absolute atomic E-state index is 10.5. The fraction of sp³-hybridized carbons (Fsp3) is 0.375. The molecule has 1 aromatic heterocycles. The Kier molecular flexibility index (Phi) is 7.60. The number of ether oxygens (including phenoxy) is 2. The Morgan fingerprint density at radius 1 is 0.967 bits per heavy atom. The van der Waals surface area contributed by atoms with Crippen LogP contribution in [0.2, 0.25) is 0 Å². The zero-order valence-corrected chi connectivity index (χ0v) is 17.8. The minimum Gasteiger partial charge on any atom is -0.507 e. The highest BCUT2D eigenvalue weighted by Gasteiger charge is 2.13. The molecule has 0 aliphatic rings. The van der Waals surface area contributed by atoms with E-state index in [-0.39, 0.29) is 5.75 Å². The predicted octanol–water partition coefficient (Wildman–Crippen LogP) is 5.52. The molecule has 1 N–H and O–H groups in total. The maximum Gasteiger partial charge on any atom is 0.167 e. The summed E-state index contributed by atoms with van der Waals surface area (Å²) in [6.07, 6.45) is 6.10. The first-order valence-corrected chi connectivity index (χ1v) is 10.4. The van der Waals surface area contributed by atoms with E-state index in [0.29, 0.717) is 35.5 Å². The predicted molar refractivity (Wildman–Crippen MR) is 118 cm³/mol. The van der Waals surface area contributed by atoms with E-state index in [1.54, 1.807) is 19.2 Å². The van der Waals surface area contributed by atoms with E-state index in [0.717, 1.165) is 24.2 Å². The molecule has 0 bridgehead atoms. The van der Waals surface area contributed by atoms with E-state index >= 15 is 0 Å². The largest absolute Gasteiger partial charge is 0.507 e. The molecule has 3 aromatic rings. The summed E-state index contributed by atoms with van der Waals surface area (Å²) in [5.41, 5.74) is 1.38. The Morgan fingerprint density at radius 3 is 2.37 bits per heavy atom. The van der Waals surface area contributed by atoms with Crippen molar-refractivity contribution in [1.82, 2.24) is 15.0 Å². The topological polar surface area (TPSA) is 77.4 Å². The first-order chi connectivity index (χ1) is 14.6. The number of aromatic nitrogens is 3. The molecule has 1 unspecified atom stereocenters. The van der Waals surface area contributed by atoms with Crippen molar-refractivity contribution in [2.24, 2.45) is 5.92 Å². The smallest absolute Gasteiger partial charge is 0.167 e. The van der Waals surface area contributed by atoms with Crippen molar-refractivity contribution < 1.29 is 14.6 Å². The summed E-state index contributed by atoms with van der Waals surface area (Å²) >= 11 is 0. The highest BCUT2D eigenvalue weighted by atomic mass is 16.5. The van der Waals surface area contributed by atoms with Gasteiger partial charge >= 0.3 is 0 Å². The Balaban J connectivity index is 1.74. The minimum atomic E-state index is 0.0842. The molecular formula is C24H29N3O3. The van der Waals surface area contributed by atoms with Gasteiger partial charge in [0.25, 0.3) is 0 Å². The van der Waals surface area contributed by atoms with E-state index in [9.17, 15) is 5.11 Å². The number of hydrogen-bond donors (Lipinski definition) is 1. The molecule has 1 heterocycles. The van der Waals surface area contributed by atoms with Gasteiger partial charge < -0.3 is 14.6 Å². The Hall–Kier alpha value is -3.15. The molecular weight excluding hydrogens is 378 g/mol. The van der Waals surface area contributed by atoms with Crippen LogP contribution in [0.1, 0.15) is 39.5 Å². The lowest BCUT2D eigenvalue weighted by atomic mass is 10.0. The van der Waals surface area contributed by atoms with Crippen molar-refractivity contribution in [3.8, 4) is 40.0 Å². The molecule has 1 atom stereocenters. The van der Waals surface area contributed by atoms with E-state index < -0.39 is 0 Å². The molecule has 0 aliphatic carbocycles. The van der Waals surface area contributed by atoms with Crippen molar-refractivity contribution in [3.63, 3.8) is 0 Å². The molecule has 2 aromatic carbocycles. The molecule has 6 nitrogen and oxygen atoms in total. The lowest BCUT2D eigenvalue weighted by Crippen LogP contribution is -2.11. The zero-order valence-electron chi connectivity index (χ0n) is 17.8. The molecule has 3 rings (SSSR count). The standard InChI is InChI=1S/C24H29N3O3/c1-4-6-7-17(5-2)15-30-20-12-13-21(22(28)14-20)24-26-16-25-23(27-24)18-8-10-19(29-3)11-9-18/h8-14,16-17,28H,4-7,15H2,1-3H3. The van der Waals surface area contributed by atoms with Crippen molar-refractivity contribution in [2.75, 3.05) is 13.7 Å². The molecule has 0 radical (unpaired) electrons. The second-order valence-electron chi connectivity index (χ2n) is 7.27. The summed E-state index contributed by atoms with van der Waals surface area (Å²) in [4.78, 5) is 13.0. The number of aromatic hydroxyl groups is 1. The molecule has 158 valence electrons. The summed E-state index contributed by atoms with van der Waals surface area (Å²) < 4.78 is 11.1. The van der Waals surface area contributed by atoms with Gasteiger partial charge in [0.1, 0.15) is 23.6 Å². The summed E-state index contributed by atoms with van der Waals surface area (Å²) in [5, 5.41) is 10.5. The number of phenolic OH excluding ortho intramolecular Hbond substituents is 1. The van der Waals surface area contributed by atoms with Gasteiger partial charge in [0, 0.05) is 11.6 Å². The number of hydrogen-bond acceptors (Lipinski definition) is 6. The summed E-state index contributed by atoms with van der Waals surface area (Å²) in [6, 6.07) is 12.7. The van der Waals surface area contributed by atoms with Crippen LogP contribution in [0.15, 0.2) is 48.8 Å². The third kappa shape index (κ3) is 5.47. The van der Waals surface area contributed by atoms with E-state index in [1.165, 1.54) is 19.2 Å². The van der Waals surface area contributed by atoms with Gasteiger partial charge in [-0.2, -0.15) is 0 Å². The van der Waals surface area contributed by atoms with E-state index in [2.05, 4.69) is 28.8 Å². The molecule has 30 heavy (non-hydrogen) atoms. The lowest BCUT2D eigenvalue weighted by Gasteiger charge is -2.16. The molecule has 0 saturated carbocycles. The van der Waals surface area contributed by atoms with Gasteiger partial charge in [-0.1, -0.05) is 33.1 Å². The van der Waals surface area contributed by atoms with Crippen molar-refractivity contribution in [1.29, 1.82) is 0 Å².